The molecule has 0 aliphatic rings. The van der Waals surface area contributed by atoms with Gasteiger partial charge in [0, 0.05) is 17.7 Å². The number of nitro groups is 1. The van der Waals surface area contributed by atoms with Crippen LogP contribution in [0.2, 0.25) is 5.02 Å². The van der Waals surface area contributed by atoms with Gasteiger partial charge in [-0.05, 0) is 18.2 Å². The molecular weight excluding hydrogens is 350 g/mol. The Morgan fingerprint density at radius 3 is 2.64 bits per heavy atom. The molecule has 0 atom stereocenters. The van der Waals surface area contributed by atoms with E-state index in [-0.39, 0.29) is 28.8 Å². The maximum Gasteiger partial charge on any atom is 0.340 e. The van der Waals surface area contributed by atoms with Gasteiger partial charge < -0.3 is 9.15 Å². The number of benzene rings is 2. The van der Waals surface area contributed by atoms with Crippen molar-refractivity contribution in [1.29, 1.82) is 0 Å². The van der Waals surface area contributed by atoms with Gasteiger partial charge in [0.1, 0.15) is 0 Å². The fourth-order valence-corrected chi connectivity index (χ4v) is 2.25. The van der Waals surface area contributed by atoms with Crippen LogP contribution in [0, 0.1) is 10.1 Å². The summed E-state index contributed by atoms with van der Waals surface area (Å²) in [4.78, 5) is 22.1. The minimum absolute atomic E-state index is 0.00932. The third-order valence-electron chi connectivity index (χ3n) is 3.20. The molecular formula is C16H10ClN3O5. The number of hydrogen-bond acceptors (Lipinski definition) is 7. The van der Waals surface area contributed by atoms with Crippen LogP contribution in [0.1, 0.15) is 16.2 Å². The van der Waals surface area contributed by atoms with Crippen molar-refractivity contribution in [2.75, 3.05) is 0 Å². The molecule has 0 spiro atoms. The van der Waals surface area contributed by atoms with E-state index in [0.29, 0.717) is 5.89 Å². The zero-order chi connectivity index (χ0) is 17.8. The maximum absolute atomic E-state index is 12.0. The van der Waals surface area contributed by atoms with Gasteiger partial charge in [-0.3, -0.25) is 10.1 Å². The molecule has 0 aliphatic heterocycles. The van der Waals surface area contributed by atoms with Crippen LogP contribution >= 0.6 is 11.6 Å². The fraction of sp³-hybridized carbons (Fsp3) is 0.0625. The van der Waals surface area contributed by atoms with E-state index in [1.54, 1.807) is 12.1 Å². The van der Waals surface area contributed by atoms with Gasteiger partial charge in [0.25, 0.3) is 11.6 Å². The second-order valence-corrected chi connectivity index (χ2v) is 5.27. The molecule has 0 saturated heterocycles. The van der Waals surface area contributed by atoms with Crippen LogP contribution < -0.4 is 0 Å². The Balaban J connectivity index is 1.67. The van der Waals surface area contributed by atoms with Crippen LogP contribution in [0.15, 0.2) is 52.9 Å². The van der Waals surface area contributed by atoms with Crippen molar-refractivity contribution in [3.8, 4) is 11.5 Å². The number of non-ortho nitro benzene ring substituents is 1. The molecule has 126 valence electrons. The number of ether oxygens (including phenoxy) is 1. The molecule has 0 radical (unpaired) electrons. The standard InChI is InChI=1S/C16H10ClN3O5/c17-13-8-11(20(22)23)6-7-12(13)16(21)24-9-14-18-19-15(25-14)10-4-2-1-3-5-10/h1-8H,9H2. The molecule has 0 N–H and O–H groups in total. The highest BCUT2D eigenvalue weighted by molar-refractivity contribution is 6.33. The topological polar surface area (TPSA) is 108 Å². The smallest absolute Gasteiger partial charge is 0.340 e. The summed E-state index contributed by atoms with van der Waals surface area (Å²) in [7, 11) is 0. The van der Waals surface area contributed by atoms with Crippen LogP contribution in [-0.2, 0) is 11.3 Å². The van der Waals surface area contributed by atoms with Gasteiger partial charge in [0.15, 0.2) is 6.61 Å². The number of nitrogens with zero attached hydrogens (tertiary/aromatic N) is 3. The van der Waals surface area contributed by atoms with Crippen molar-refractivity contribution in [2.24, 2.45) is 0 Å². The Bertz CT molecular complexity index is 927. The molecule has 1 heterocycles. The van der Waals surface area contributed by atoms with E-state index in [1.165, 1.54) is 12.1 Å². The third-order valence-corrected chi connectivity index (χ3v) is 3.51. The summed E-state index contributed by atoms with van der Waals surface area (Å²) in [5.41, 5.74) is 0.534. The molecule has 0 unspecified atom stereocenters. The Hall–Kier alpha value is -3.26. The average molecular weight is 360 g/mol. The van der Waals surface area contributed by atoms with Gasteiger partial charge in [0.05, 0.1) is 15.5 Å². The largest absolute Gasteiger partial charge is 0.452 e. The van der Waals surface area contributed by atoms with E-state index in [2.05, 4.69) is 10.2 Å². The number of halogens is 1. The number of aromatic nitrogens is 2. The number of rotatable bonds is 5. The summed E-state index contributed by atoms with van der Waals surface area (Å²) in [6.07, 6.45) is 0. The van der Waals surface area contributed by atoms with Crippen LogP contribution in [-0.4, -0.2) is 21.1 Å². The van der Waals surface area contributed by atoms with E-state index in [9.17, 15) is 14.9 Å². The van der Waals surface area contributed by atoms with Crippen LogP contribution in [0.25, 0.3) is 11.5 Å². The average Bonchev–Trinajstić information content (AvgIpc) is 3.09. The molecule has 3 aromatic rings. The van der Waals surface area contributed by atoms with Crippen molar-refractivity contribution in [1.82, 2.24) is 10.2 Å². The number of carbonyl (C=O) groups excluding carboxylic acids is 1. The Morgan fingerprint density at radius 1 is 1.20 bits per heavy atom. The van der Waals surface area contributed by atoms with Gasteiger partial charge in [-0.1, -0.05) is 29.8 Å². The number of hydrogen-bond donors (Lipinski definition) is 0. The summed E-state index contributed by atoms with van der Waals surface area (Å²) in [6.45, 7) is -0.244. The highest BCUT2D eigenvalue weighted by atomic mass is 35.5. The van der Waals surface area contributed by atoms with E-state index in [0.717, 1.165) is 11.6 Å². The quantitative estimate of drug-likeness (QED) is 0.388. The lowest BCUT2D eigenvalue weighted by Gasteiger charge is -2.04. The normalized spacial score (nSPS) is 10.4. The van der Waals surface area contributed by atoms with Crippen molar-refractivity contribution < 1.29 is 18.9 Å². The summed E-state index contributed by atoms with van der Waals surface area (Å²) in [6, 6.07) is 12.6. The van der Waals surface area contributed by atoms with Crippen LogP contribution in [0.3, 0.4) is 0 Å². The van der Waals surface area contributed by atoms with Crippen LogP contribution in [0.4, 0.5) is 5.69 Å². The summed E-state index contributed by atoms with van der Waals surface area (Å²) in [5.74, 6) is -0.329. The second kappa shape index (κ2) is 7.10. The summed E-state index contributed by atoms with van der Waals surface area (Å²) >= 11 is 5.88. The van der Waals surface area contributed by atoms with E-state index < -0.39 is 10.9 Å². The molecule has 9 heteroatoms. The zero-order valence-corrected chi connectivity index (χ0v) is 13.3. The lowest BCUT2D eigenvalue weighted by atomic mass is 10.2. The first-order valence-corrected chi connectivity index (χ1v) is 7.41. The first-order chi connectivity index (χ1) is 12.0. The monoisotopic (exact) mass is 359 g/mol. The molecule has 0 amide bonds. The molecule has 0 saturated carbocycles. The van der Waals surface area contributed by atoms with Crippen molar-refractivity contribution >= 4 is 23.3 Å². The van der Waals surface area contributed by atoms with Gasteiger partial charge in [0.2, 0.25) is 5.89 Å². The molecule has 25 heavy (non-hydrogen) atoms. The lowest BCUT2D eigenvalue weighted by Crippen LogP contribution is -2.06. The highest BCUT2D eigenvalue weighted by Gasteiger charge is 2.17. The van der Waals surface area contributed by atoms with E-state index >= 15 is 0 Å². The number of esters is 1. The maximum atomic E-state index is 12.0. The fourth-order valence-electron chi connectivity index (χ4n) is 2.00. The van der Waals surface area contributed by atoms with Gasteiger partial charge in [-0.2, -0.15) is 0 Å². The van der Waals surface area contributed by atoms with E-state index in [1.807, 2.05) is 18.2 Å². The van der Waals surface area contributed by atoms with Gasteiger partial charge in [-0.25, -0.2) is 4.79 Å². The molecule has 3 rings (SSSR count). The molecule has 8 nitrogen and oxygen atoms in total. The molecule has 1 aromatic heterocycles. The van der Waals surface area contributed by atoms with Crippen molar-refractivity contribution in [2.45, 2.75) is 6.61 Å². The highest BCUT2D eigenvalue weighted by Crippen LogP contribution is 2.23. The molecule has 0 fully saturated rings. The Kier molecular flexibility index (Phi) is 4.71. The summed E-state index contributed by atoms with van der Waals surface area (Å²) < 4.78 is 10.5. The lowest BCUT2D eigenvalue weighted by molar-refractivity contribution is -0.384. The SMILES string of the molecule is O=C(OCc1nnc(-c2ccccc2)o1)c1ccc([N+](=O)[O-])cc1Cl. The Morgan fingerprint density at radius 2 is 1.96 bits per heavy atom. The number of carbonyl (C=O) groups is 1. The van der Waals surface area contributed by atoms with Crippen molar-refractivity contribution in [3.05, 3.63) is 75.1 Å². The minimum Gasteiger partial charge on any atom is -0.452 e. The first kappa shape index (κ1) is 16.6. The van der Waals surface area contributed by atoms with E-state index in [4.69, 9.17) is 20.8 Å². The summed E-state index contributed by atoms with van der Waals surface area (Å²) in [5, 5.41) is 18.3. The Labute approximate surface area is 146 Å². The van der Waals surface area contributed by atoms with Crippen LogP contribution in [0.5, 0.6) is 0 Å². The zero-order valence-electron chi connectivity index (χ0n) is 12.6. The van der Waals surface area contributed by atoms with Gasteiger partial charge >= 0.3 is 5.97 Å². The minimum atomic E-state index is -0.751. The molecule has 0 bridgehead atoms. The predicted molar refractivity (Wildman–Crippen MR) is 87.0 cm³/mol. The number of nitro benzene ring substituents is 1. The predicted octanol–water partition coefficient (Wildman–Crippen LogP) is 3.66. The molecule has 0 aliphatic carbocycles. The third kappa shape index (κ3) is 3.81. The second-order valence-electron chi connectivity index (χ2n) is 4.86. The first-order valence-electron chi connectivity index (χ1n) is 7.03. The van der Waals surface area contributed by atoms with Gasteiger partial charge in [-0.15, -0.1) is 10.2 Å². The molecule has 2 aromatic carbocycles. The van der Waals surface area contributed by atoms with Crippen molar-refractivity contribution in [3.63, 3.8) is 0 Å².